The molecular formula is C17H28N4O2. The lowest BCUT2D eigenvalue weighted by Crippen LogP contribution is -2.49. The first-order valence-corrected chi connectivity index (χ1v) is 8.86. The molecule has 0 aliphatic carbocycles. The number of hydrogen-bond donors (Lipinski definition) is 1. The average Bonchev–Trinajstić information content (AvgIpc) is 3.13. The molecule has 3 rings (SSSR count). The Bertz CT molecular complexity index is 463. The van der Waals surface area contributed by atoms with Crippen LogP contribution in [0.2, 0.25) is 0 Å². The lowest BCUT2D eigenvalue weighted by Gasteiger charge is -2.35. The van der Waals surface area contributed by atoms with Crippen molar-refractivity contribution in [3.05, 3.63) is 18.2 Å². The van der Waals surface area contributed by atoms with Crippen LogP contribution in [0.5, 0.6) is 0 Å². The van der Waals surface area contributed by atoms with Crippen molar-refractivity contribution in [3.8, 4) is 0 Å². The third-order valence-electron chi connectivity index (χ3n) is 5.08. The Labute approximate surface area is 138 Å². The lowest BCUT2D eigenvalue weighted by atomic mass is 9.96. The van der Waals surface area contributed by atoms with Gasteiger partial charge in [-0.1, -0.05) is 0 Å². The van der Waals surface area contributed by atoms with Crippen LogP contribution in [0, 0.1) is 5.92 Å². The average molecular weight is 320 g/mol. The minimum Gasteiger partial charge on any atom is -0.381 e. The van der Waals surface area contributed by atoms with Crippen molar-refractivity contribution in [1.82, 2.24) is 19.8 Å². The normalized spacial score (nSPS) is 20.8. The van der Waals surface area contributed by atoms with Gasteiger partial charge in [0.05, 0.1) is 6.33 Å². The number of aromatic amines is 1. The molecule has 6 heteroatoms. The Balaban J connectivity index is 1.32. The van der Waals surface area contributed by atoms with E-state index in [1.807, 2.05) is 4.90 Å². The molecule has 2 fully saturated rings. The molecule has 2 saturated heterocycles. The summed E-state index contributed by atoms with van der Waals surface area (Å²) in [6.07, 6.45) is 8.49. The Kier molecular flexibility index (Phi) is 6.05. The molecule has 0 unspecified atom stereocenters. The van der Waals surface area contributed by atoms with Gasteiger partial charge in [-0.3, -0.25) is 9.69 Å². The highest BCUT2D eigenvalue weighted by Gasteiger charge is 2.22. The minimum absolute atomic E-state index is 0.267. The number of H-pyrrole nitrogens is 1. The highest BCUT2D eigenvalue weighted by atomic mass is 16.5. The first-order valence-electron chi connectivity index (χ1n) is 8.86. The quantitative estimate of drug-likeness (QED) is 0.858. The number of piperazine rings is 1. The van der Waals surface area contributed by atoms with E-state index in [0.717, 1.165) is 57.4 Å². The fourth-order valence-electron chi connectivity index (χ4n) is 3.44. The van der Waals surface area contributed by atoms with Gasteiger partial charge in [-0.2, -0.15) is 0 Å². The Morgan fingerprint density at radius 1 is 1.26 bits per heavy atom. The Hall–Kier alpha value is -1.40. The molecule has 0 aromatic carbocycles. The van der Waals surface area contributed by atoms with Gasteiger partial charge in [0, 0.05) is 57.7 Å². The van der Waals surface area contributed by atoms with Crippen molar-refractivity contribution in [1.29, 1.82) is 0 Å². The van der Waals surface area contributed by atoms with Crippen LogP contribution < -0.4 is 0 Å². The number of aryl methyl sites for hydroxylation is 1. The number of amides is 1. The van der Waals surface area contributed by atoms with Gasteiger partial charge in [-0.15, -0.1) is 0 Å². The van der Waals surface area contributed by atoms with Crippen LogP contribution >= 0.6 is 0 Å². The van der Waals surface area contributed by atoms with Crippen molar-refractivity contribution in [2.75, 3.05) is 45.9 Å². The summed E-state index contributed by atoms with van der Waals surface area (Å²) in [6, 6.07) is 0. The van der Waals surface area contributed by atoms with E-state index in [1.165, 1.54) is 25.8 Å². The Morgan fingerprint density at radius 2 is 2.04 bits per heavy atom. The molecule has 0 radical (unpaired) electrons. The maximum atomic E-state index is 12.3. The monoisotopic (exact) mass is 320 g/mol. The van der Waals surface area contributed by atoms with E-state index in [2.05, 4.69) is 14.9 Å². The summed E-state index contributed by atoms with van der Waals surface area (Å²) in [5, 5.41) is 0. The van der Waals surface area contributed by atoms with Crippen LogP contribution in [-0.4, -0.2) is 71.6 Å². The smallest absolute Gasteiger partial charge is 0.223 e. The topological polar surface area (TPSA) is 61.5 Å². The van der Waals surface area contributed by atoms with E-state index < -0.39 is 0 Å². The molecule has 0 saturated carbocycles. The molecule has 6 nitrogen and oxygen atoms in total. The molecule has 128 valence electrons. The van der Waals surface area contributed by atoms with Crippen LogP contribution in [0.1, 0.15) is 31.4 Å². The van der Waals surface area contributed by atoms with E-state index in [0.29, 0.717) is 6.42 Å². The number of hydrogen-bond acceptors (Lipinski definition) is 4. The van der Waals surface area contributed by atoms with E-state index in [4.69, 9.17) is 4.74 Å². The van der Waals surface area contributed by atoms with Crippen LogP contribution in [0.4, 0.5) is 0 Å². The highest BCUT2D eigenvalue weighted by molar-refractivity contribution is 5.76. The number of nitrogens with one attached hydrogen (secondary N) is 1. The summed E-state index contributed by atoms with van der Waals surface area (Å²) in [5.74, 6) is 1.10. The molecule has 0 atom stereocenters. The molecule has 0 bridgehead atoms. The van der Waals surface area contributed by atoms with Gasteiger partial charge in [-0.25, -0.2) is 4.98 Å². The largest absolute Gasteiger partial charge is 0.381 e. The lowest BCUT2D eigenvalue weighted by molar-refractivity contribution is -0.132. The van der Waals surface area contributed by atoms with Gasteiger partial charge in [0.15, 0.2) is 0 Å². The van der Waals surface area contributed by atoms with Crippen molar-refractivity contribution >= 4 is 5.91 Å². The molecule has 1 aromatic rings. The molecule has 2 aliphatic rings. The predicted octanol–water partition coefficient (Wildman–Crippen LogP) is 1.30. The van der Waals surface area contributed by atoms with E-state index in [1.54, 1.807) is 12.5 Å². The van der Waals surface area contributed by atoms with Gasteiger partial charge in [0.25, 0.3) is 0 Å². The van der Waals surface area contributed by atoms with Gasteiger partial charge >= 0.3 is 0 Å². The number of rotatable bonds is 6. The second-order valence-electron chi connectivity index (χ2n) is 6.64. The molecule has 1 N–H and O–H groups in total. The summed E-state index contributed by atoms with van der Waals surface area (Å²) in [5.41, 5.74) is 1.04. The molecule has 23 heavy (non-hydrogen) atoms. The molecule has 0 spiro atoms. The number of aromatic nitrogens is 2. The van der Waals surface area contributed by atoms with Crippen molar-refractivity contribution in [2.45, 2.75) is 32.1 Å². The van der Waals surface area contributed by atoms with Gasteiger partial charge in [0.2, 0.25) is 5.91 Å². The number of nitrogens with zero attached hydrogens (tertiary/aromatic N) is 3. The van der Waals surface area contributed by atoms with Crippen LogP contribution in [0.3, 0.4) is 0 Å². The Morgan fingerprint density at radius 3 is 2.74 bits per heavy atom. The summed E-state index contributed by atoms with van der Waals surface area (Å²) < 4.78 is 5.42. The molecule has 2 aliphatic heterocycles. The number of imidazole rings is 1. The van der Waals surface area contributed by atoms with Crippen LogP contribution in [-0.2, 0) is 16.0 Å². The van der Waals surface area contributed by atoms with Crippen LogP contribution in [0.25, 0.3) is 0 Å². The zero-order chi connectivity index (χ0) is 15.9. The fourth-order valence-corrected chi connectivity index (χ4v) is 3.44. The van der Waals surface area contributed by atoms with E-state index >= 15 is 0 Å². The summed E-state index contributed by atoms with van der Waals surface area (Å²) in [6.45, 7) is 6.80. The SMILES string of the molecule is O=C(CCc1cnc[nH]1)N1CCN(CCC2CCOCC2)CC1. The van der Waals surface area contributed by atoms with Crippen molar-refractivity contribution in [3.63, 3.8) is 0 Å². The molecule has 3 heterocycles. The third kappa shape index (κ3) is 5.04. The first-order chi connectivity index (χ1) is 11.3. The van der Waals surface area contributed by atoms with Gasteiger partial charge in [0.1, 0.15) is 0 Å². The molecular weight excluding hydrogens is 292 g/mol. The van der Waals surface area contributed by atoms with Crippen molar-refractivity contribution < 1.29 is 9.53 Å². The maximum absolute atomic E-state index is 12.3. The summed E-state index contributed by atoms with van der Waals surface area (Å²) in [4.78, 5) is 23.8. The van der Waals surface area contributed by atoms with E-state index in [-0.39, 0.29) is 5.91 Å². The van der Waals surface area contributed by atoms with Crippen LogP contribution in [0.15, 0.2) is 12.5 Å². The van der Waals surface area contributed by atoms with Gasteiger partial charge in [-0.05, 0) is 38.1 Å². The molecule has 1 amide bonds. The fraction of sp³-hybridized carbons (Fsp3) is 0.765. The number of ether oxygens (including phenoxy) is 1. The maximum Gasteiger partial charge on any atom is 0.223 e. The second kappa shape index (κ2) is 8.45. The van der Waals surface area contributed by atoms with Crippen molar-refractivity contribution in [2.24, 2.45) is 5.92 Å². The molecule has 1 aromatic heterocycles. The third-order valence-corrected chi connectivity index (χ3v) is 5.08. The zero-order valence-electron chi connectivity index (χ0n) is 13.9. The first kappa shape index (κ1) is 16.5. The van der Waals surface area contributed by atoms with Gasteiger partial charge < -0.3 is 14.6 Å². The zero-order valence-corrected chi connectivity index (χ0v) is 13.9. The second-order valence-corrected chi connectivity index (χ2v) is 6.64. The number of carbonyl (C=O) groups excluding carboxylic acids is 1. The summed E-state index contributed by atoms with van der Waals surface area (Å²) in [7, 11) is 0. The summed E-state index contributed by atoms with van der Waals surface area (Å²) >= 11 is 0. The predicted molar refractivity (Wildman–Crippen MR) is 88.1 cm³/mol. The van der Waals surface area contributed by atoms with E-state index in [9.17, 15) is 4.79 Å². The highest BCUT2D eigenvalue weighted by Crippen LogP contribution is 2.19. The standard InChI is InChI=1S/C17H28N4O2/c22-17(2-1-16-13-18-14-19-16)21-9-7-20(8-10-21)6-3-15-4-11-23-12-5-15/h13-15H,1-12H2,(H,18,19). The number of carbonyl (C=O) groups is 1. The minimum atomic E-state index is 0.267.